The van der Waals surface area contributed by atoms with Crippen LogP contribution in [0.5, 0.6) is 0 Å². The molecule has 0 saturated heterocycles. The summed E-state index contributed by atoms with van der Waals surface area (Å²) < 4.78 is 6.72. The first-order chi connectivity index (χ1) is 8.65. The van der Waals surface area contributed by atoms with Gasteiger partial charge in [0.2, 0.25) is 0 Å². The summed E-state index contributed by atoms with van der Waals surface area (Å²) in [4.78, 5) is 20.1. The van der Waals surface area contributed by atoms with Gasteiger partial charge < -0.3 is 9.72 Å². The van der Waals surface area contributed by atoms with Crippen LogP contribution in [-0.2, 0) is 17.8 Å². The number of rotatable bonds is 1. The Balaban J connectivity index is 2.13. The van der Waals surface area contributed by atoms with Crippen molar-refractivity contribution >= 4 is 38.9 Å². The van der Waals surface area contributed by atoms with Crippen molar-refractivity contribution in [3.05, 3.63) is 36.5 Å². The third kappa shape index (κ3) is 2.14. The molecular weight excluding hydrogens is 340 g/mol. The number of hydrogen-bond donors (Lipinski definition) is 1. The Labute approximate surface area is 120 Å². The van der Waals surface area contributed by atoms with Crippen LogP contribution < -0.4 is 5.56 Å². The van der Waals surface area contributed by atoms with E-state index in [1.165, 1.54) is 11.3 Å². The highest BCUT2D eigenvalue weighted by Gasteiger charge is 2.17. The van der Waals surface area contributed by atoms with Crippen LogP contribution in [0.1, 0.15) is 11.3 Å². The van der Waals surface area contributed by atoms with Crippen LogP contribution in [0.4, 0.5) is 0 Å². The van der Waals surface area contributed by atoms with Crippen LogP contribution in [0.2, 0.25) is 4.34 Å². The average molecular weight is 348 g/mol. The standard InChI is InChI=1S/C11H8BrClN2O2S/c12-6-3-8(18-9(6)13)10-14-7-1-2-17-4-5(7)11(16)15-10/h3H,1-2,4H2,(H,14,15,16). The lowest BCUT2D eigenvalue weighted by Gasteiger charge is -2.14. The van der Waals surface area contributed by atoms with E-state index in [0.717, 1.165) is 15.0 Å². The monoisotopic (exact) mass is 346 g/mol. The zero-order chi connectivity index (χ0) is 12.7. The second-order valence-electron chi connectivity index (χ2n) is 3.87. The summed E-state index contributed by atoms with van der Waals surface area (Å²) in [7, 11) is 0. The van der Waals surface area contributed by atoms with E-state index in [1.807, 2.05) is 6.07 Å². The van der Waals surface area contributed by atoms with Gasteiger partial charge in [0, 0.05) is 10.9 Å². The van der Waals surface area contributed by atoms with Crippen molar-refractivity contribution in [1.82, 2.24) is 9.97 Å². The number of aromatic nitrogens is 2. The van der Waals surface area contributed by atoms with Crippen molar-refractivity contribution < 1.29 is 4.74 Å². The fourth-order valence-electron chi connectivity index (χ4n) is 1.82. The first-order valence-electron chi connectivity index (χ1n) is 5.30. The van der Waals surface area contributed by atoms with E-state index in [2.05, 4.69) is 25.9 Å². The molecule has 0 unspecified atom stereocenters. The third-order valence-corrected chi connectivity index (χ3v) is 5.19. The lowest BCUT2D eigenvalue weighted by atomic mass is 10.1. The minimum Gasteiger partial charge on any atom is -0.376 e. The summed E-state index contributed by atoms with van der Waals surface area (Å²) in [5.74, 6) is 0.568. The molecule has 0 radical (unpaired) electrons. The van der Waals surface area contributed by atoms with Gasteiger partial charge >= 0.3 is 0 Å². The smallest absolute Gasteiger partial charge is 0.256 e. The number of H-pyrrole nitrogens is 1. The number of nitrogens with zero attached hydrogens (tertiary/aromatic N) is 1. The molecule has 0 atom stereocenters. The van der Waals surface area contributed by atoms with Crippen LogP contribution in [0, 0.1) is 0 Å². The second-order valence-corrected chi connectivity index (χ2v) is 6.38. The van der Waals surface area contributed by atoms with E-state index < -0.39 is 0 Å². The van der Waals surface area contributed by atoms with E-state index in [1.54, 1.807) is 0 Å². The van der Waals surface area contributed by atoms with E-state index in [9.17, 15) is 4.79 Å². The zero-order valence-electron chi connectivity index (χ0n) is 9.13. The third-order valence-electron chi connectivity index (χ3n) is 2.71. The first kappa shape index (κ1) is 12.3. The van der Waals surface area contributed by atoms with Crippen LogP contribution in [0.25, 0.3) is 10.7 Å². The molecular formula is C11H8BrClN2O2S. The summed E-state index contributed by atoms with van der Waals surface area (Å²) in [5.41, 5.74) is 1.32. The Bertz CT molecular complexity index is 648. The summed E-state index contributed by atoms with van der Waals surface area (Å²) in [6, 6.07) is 1.86. The Morgan fingerprint density at radius 1 is 1.56 bits per heavy atom. The van der Waals surface area contributed by atoms with Crippen LogP contribution in [-0.4, -0.2) is 16.6 Å². The van der Waals surface area contributed by atoms with Gasteiger partial charge in [0.1, 0.15) is 4.34 Å². The van der Waals surface area contributed by atoms with Gasteiger partial charge in [0.25, 0.3) is 5.56 Å². The number of fused-ring (bicyclic) bond motifs is 1. The van der Waals surface area contributed by atoms with E-state index in [0.29, 0.717) is 35.4 Å². The molecule has 1 aliphatic rings. The van der Waals surface area contributed by atoms with Gasteiger partial charge in [0.15, 0.2) is 5.82 Å². The number of aromatic amines is 1. The molecule has 0 fully saturated rings. The van der Waals surface area contributed by atoms with E-state index in [-0.39, 0.29) is 5.56 Å². The number of nitrogens with one attached hydrogen (secondary N) is 1. The number of thiophene rings is 1. The maximum Gasteiger partial charge on any atom is 0.256 e. The maximum absolute atomic E-state index is 11.9. The summed E-state index contributed by atoms with van der Waals surface area (Å²) in [5, 5.41) is 0. The Morgan fingerprint density at radius 3 is 3.11 bits per heavy atom. The molecule has 4 nitrogen and oxygen atoms in total. The van der Waals surface area contributed by atoms with Crippen molar-refractivity contribution in [2.75, 3.05) is 6.61 Å². The highest BCUT2D eigenvalue weighted by Crippen LogP contribution is 2.36. The van der Waals surface area contributed by atoms with Crippen molar-refractivity contribution in [2.45, 2.75) is 13.0 Å². The summed E-state index contributed by atoms with van der Waals surface area (Å²) in [6.45, 7) is 0.949. The maximum atomic E-state index is 11.9. The van der Waals surface area contributed by atoms with Crippen LogP contribution >= 0.6 is 38.9 Å². The highest BCUT2D eigenvalue weighted by molar-refractivity contribution is 9.10. The van der Waals surface area contributed by atoms with Crippen LogP contribution in [0.3, 0.4) is 0 Å². The predicted molar refractivity (Wildman–Crippen MR) is 74.2 cm³/mol. The number of hydrogen-bond acceptors (Lipinski definition) is 4. The highest BCUT2D eigenvalue weighted by atomic mass is 79.9. The van der Waals surface area contributed by atoms with Gasteiger partial charge in [-0.2, -0.15) is 0 Å². The topological polar surface area (TPSA) is 55.0 Å². The SMILES string of the molecule is O=c1[nH]c(-c2cc(Br)c(Cl)s2)nc2c1COCC2. The molecule has 94 valence electrons. The molecule has 2 aromatic heterocycles. The van der Waals surface area contributed by atoms with Gasteiger partial charge in [0.05, 0.1) is 29.3 Å². The molecule has 1 aliphatic heterocycles. The second kappa shape index (κ2) is 4.77. The molecule has 0 spiro atoms. The van der Waals surface area contributed by atoms with Crippen LogP contribution in [0.15, 0.2) is 15.3 Å². The molecule has 1 N–H and O–H groups in total. The van der Waals surface area contributed by atoms with Gasteiger partial charge in [-0.25, -0.2) is 4.98 Å². The van der Waals surface area contributed by atoms with Crippen molar-refractivity contribution in [3.8, 4) is 10.7 Å². The molecule has 0 bridgehead atoms. The van der Waals surface area contributed by atoms with Gasteiger partial charge in [-0.05, 0) is 22.0 Å². The average Bonchev–Trinajstić information content (AvgIpc) is 2.70. The van der Waals surface area contributed by atoms with Crippen molar-refractivity contribution in [3.63, 3.8) is 0 Å². The van der Waals surface area contributed by atoms with Gasteiger partial charge in [-0.3, -0.25) is 4.79 Å². The van der Waals surface area contributed by atoms with Crippen molar-refractivity contribution in [1.29, 1.82) is 0 Å². The molecule has 3 rings (SSSR count). The van der Waals surface area contributed by atoms with E-state index >= 15 is 0 Å². The lowest BCUT2D eigenvalue weighted by molar-refractivity contribution is 0.108. The summed E-state index contributed by atoms with van der Waals surface area (Å²) in [6.07, 6.45) is 0.673. The van der Waals surface area contributed by atoms with Gasteiger partial charge in [-0.1, -0.05) is 11.6 Å². The largest absolute Gasteiger partial charge is 0.376 e. The minimum atomic E-state index is -0.129. The molecule has 2 aromatic rings. The predicted octanol–water partition coefficient (Wildman–Crippen LogP) is 2.99. The Kier molecular flexibility index (Phi) is 3.27. The number of ether oxygens (including phenoxy) is 1. The van der Waals surface area contributed by atoms with Crippen molar-refractivity contribution in [2.24, 2.45) is 0 Å². The van der Waals surface area contributed by atoms with E-state index in [4.69, 9.17) is 16.3 Å². The minimum absolute atomic E-state index is 0.129. The zero-order valence-corrected chi connectivity index (χ0v) is 12.3. The Morgan fingerprint density at radius 2 is 2.39 bits per heavy atom. The molecule has 0 amide bonds. The molecule has 7 heteroatoms. The molecule has 0 aliphatic carbocycles. The fourth-order valence-corrected chi connectivity index (χ4v) is 3.47. The molecule has 18 heavy (non-hydrogen) atoms. The molecule has 0 aromatic carbocycles. The quantitative estimate of drug-likeness (QED) is 0.863. The Hall–Kier alpha value is -0.690. The van der Waals surface area contributed by atoms with Gasteiger partial charge in [-0.15, -0.1) is 11.3 Å². The number of halogens is 2. The summed E-state index contributed by atoms with van der Waals surface area (Å²) >= 11 is 10.7. The normalized spacial score (nSPS) is 14.6. The lowest BCUT2D eigenvalue weighted by Crippen LogP contribution is -2.24. The fraction of sp³-hybridized carbons (Fsp3) is 0.273. The molecule has 0 saturated carbocycles. The molecule has 3 heterocycles. The first-order valence-corrected chi connectivity index (χ1v) is 7.29.